The van der Waals surface area contributed by atoms with Crippen LogP contribution in [0.4, 0.5) is 5.69 Å². The second kappa shape index (κ2) is 9.05. The number of esters is 1. The van der Waals surface area contributed by atoms with Crippen molar-refractivity contribution in [2.24, 2.45) is 0 Å². The molecule has 0 radical (unpaired) electrons. The SMILES string of the molecule is N#Cc1ccc(NC(=O)COC(=O)c2ccc(COc3ccccc3)o2)cc1. The number of benzene rings is 2. The minimum absolute atomic E-state index is 0.0159. The summed E-state index contributed by atoms with van der Waals surface area (Å²) in [7, 11) is 0. The number of amides is 1. The smallest absolute Gasteiger partial charge is 0.374 e. The number of hydrogen-bond donors (Lipinski definition) is 1. The second-order valence-electron chi connectivity index (χ2n) is 5.68. The van der Waals surface area contributed by atoms with Crippen LogP contribution in [0.15, 0.2) is 71.1 Å². The number of nitriles is 1. The van der Waals surface area contributed by atoms with Crippen molar-refractivity contribution in [1.29, 1.82) is 5.26 Å². The fourth-order valence-electron chi connectivity index (χ4n) is 2.26. The quantitative estimate of drug-likeness (QED) is 0.633. The lowest BCUT2D eigenvalue weighted by Gasteiger charge is -2.06. The van der Waals surface area contributed by atoms with Gasteiger partial charge in [-0.1, -0.05) is 18.2 Å². The summed E-state index contributed by atoms with van der Waals surface area (Å²) in [6.07, 6.45) is 0. The Balaban J connectivity index is 1.46. The maximum absolute atomic E-state index is 12.0. The van der Waals surface area contributed by atoms with Crippen molar-refractivity contribution in [3.8, 4) is 11.8 Å². The number of furan rings is 1. The van der Waals surface area contributed by atoms with Gasteiger partial charge in [0.25, 0.3) is 5.91 Å². The Kier molecular flexibility index (Phi) is 6.06. The van der Waals surface area contributed by atoms with Crippen LogP contribution in [0.3, 0.4) is 0 Å². The zero-order chi connectivity index (χ0) is 19.8. The van der Waals surface area contributed by atoms with Gasteiger partial charge in [-0.25, -0.2) is 4.79 Å². The summed E-state index contributed by atoms with van der Waals surface area (Å²) in [5.41, 5.74) is 0.979. The Morgan fingerprint density at radius 3 is 2.46 bits per heavy atom. The molecule has 1 heterocycles. The highest BCUT2D eigenvalue weighted by Crippen LogP contribution is 2.15. The molecule has 0 aliphatic heterocycles. The molecule has 28 heavy (non-hydrogen) atoms. The van der Waals surface area contributed by atoms with E-state index in [0.717, 1.165) is 0 Å². The van der Waals surface area contributed by atoms with Crippen molar-refractivity contribution < 1.29 is 23.5 Å². The number of nitrogens with one attached hydrogen (secondary N) is 1. The second-order valence-corrected chi connectivity index (χ2v) is 5.68. The van der Waals surface area contributed by atoms with E-state index in [4.69, 9.17) is 19.2 Å². The fraction of sp³-hybridized carbons (Fsp3) is 0.0952. The van der Waals surface area contributed by atoms with E-state index < -0.39 is 18.5 Å². The third-order valence-corrected chi connectivity index (χ3v) is 3.62. The zero-order valence-electron chi connectivity index (χ0n) is 14.8. The summed E-state index contributed by atoms with van der Waals surface area (Å²) < 4.78 is 15.9. The lowest BCUT2D eigenvalue weighted by Crippen LogP contribution is -2.20. The average Bonchev–Trinajstić information content (AvgIpc) is 3.21. The fourth-order valence-corrected chi connectivity index (χ4v) is 2.26. The van der Waals surface area contributed by atoms with Crippen LogP contribution in [0, 0.1) is 11.3 Å². The van der Waals surface area contributed by atoms with Crippen molar-refractivity contribution >= 4 is 17.6 Å². The van der Waals surface area contributed by atoms with Crippen molar-refractivity contribution in [1.82, 2.24) is 0 Å². The molecule has 0 bridgehead atoms. The first-order valence-corrected chi connectivity index (χ1v) is 8.38. The highest BCUT2D eigenvalue weighted by molar-refractivity contribution is 5.94. The highest BCUT2D eigenvalue weighted by atomic mass is 16.6. The van der Waals surface area contributed by atoms with Crippen LogP contribution in [0.1, 0.15) is 21.9 Å². The number of para-hydroxylation sites is 1. The van der Waals surface area contributed by atoms with E-state index in [2.05, 4.69) is 5.32 Å². The van der Waals surface area contributed by atoms with Gasteiger partial charge in [0.1, 0.15) is 18.1 Å². The van der Waals surface area contributed by atoms with E-state index >= 15 is 0 Å². The van der Waals surface area contributed by atoms with Crippen LogP contribution < -0.4 is 10.1 Å². The third-order valence-electron chi connectivity index (χ3n) is 3.62. The molecule has 0 saturated carbocycles. The summed E-state index contributed by atoms with van der Waals surface area (Å²) in [6, 6.07) is 20.6. The highest BCUT2D eigenvalue weighted by Gasteiger charge is 2.15. The summed E-state index contributed by atoms with van der Waals surface area (Å²) in [4.78, 5) is 23.9. The molecule has 2 aromatic carbocycles. The molecule has 140 valence electrons. The van der Waals surface area contributed by atoms with Gasteiger partial charge in [-0.15, -0.1) is 0 Å². The maximum Gasteiger partial charge on any atom is 0.374 e. The number of nitrogens with zero attached hydrogens (tertiary/aromatic N) is 1. The first-order chi connectivity index (χ1) is 13.6. The maximum atomic E-state index is 12.0. The zero-order valence-corrected chi connectivity index (χ0v) is 14.8. The van der Waals surface area contributed by atoms with Gasteiger partial charge < -0.3 is 19.2 Å². The Morgan fingerprint density at radius 2 is 1.75 bits per heavy atom. The minimum atomic E-state index is -0.749. The molecule has 0 atom stereocenters. The standard InChI is InChI=1S/C21H16N2O5/c22-12-15-6-8-16(9-7-15)23-20(24)14-27-21(25)19-11-10-18(28-19)13-26-17-4-2-1-3-5-17/h1-11H,13-14H2,(H,23,24). The Labute approximate surface area is 161 Å². The summed E-state index contributed by atoms with van der Waals surface area (Å²) in [5, 5.41) is 11.3. The predicted octanol–water partition coefficient (Wildman–Crippen LogP) is 3.53. The van der Waals surface area contributed by atoms with E-state index in [1.54, 1.807) is 30.3 Å². The van der Waals surface area contributed by atoms with Gasteiger partial charge in [0.05, 0.1) is 11.6 Å². The molecule has 0 spiro atoms. The largest absolute Gasteiger partial charge is 0.486 e. The number of hydrogen-bond acceptors (Lipinski definition) is 6. The topological polar surface area (TPSA) is 102 Å². The number of rotatable bonds is 7. The predicted molar refractivity (Wildman–Crippen MR) is 99.6 cm³/mol. The molecular formula is C21H16N2O5. The molecule has 3 rings (SSSR count). The van der Waals surface area contributed by atoms with Crippen LogP contribution in [-0.2, 0) is 16.1 Å². The molecule has 0 fully saturated rings. The van der Waals surface area contributed by atoms with Crippen molar-refractivity contribution in [3.05, 3.63) is 83.8 Å². The van der Waals surface area contributed by atoms with E-state index in [-0.39, 0.29) is 12.4 Å². The normalized spacial score (nSPS) is 9.96. The van der Waals surface area contributed by atoms with Crippen LogP contribution in [0.5, 0.6) is 5.75 Å². The summed E-state index contributed by atoms with van der Waals surface area (Å²) in [5.74, 6) is -0.128. The molecule has 0 saturated heterocycles. The number of ether oxygens (including phenoxy) is 2. The van der Waals surface area contributed by atoms with Gasteiger partial charge in [-0.05, 0) is 48.5 Å². The number of carbonyl (C=O) groups excluding carboxylic acids is 2. The van der Waals surface area contributed by atoms with Crippen molar-refractivity contribution in [2.75, 3.05) is 11.9 Å². The summed E-state index contributed by atoms with van der Waals surface area (Å²) in [6.45, 7) is -0.300. The molecule has 1 amide bonds. The van der Waals surface area contributed by atoms with Crippen LogP contribution in [0.2, 0.25) is 0 Å². The van der Waals surface area contributed by atoms with E-state index in [0.29, 0.717) is 22.8 Å². The first-order valence-electron chi connectivity index (χ1n) is 8.38. The number of carbonyl (C=O) groups is 2. The van der Waals surface area contributed by atoms with Gasteiger partial charge in [0.2, 0.25) is 5.76 Å². The van der Waals surface area contributed by atoms with Crippen LogP contribution >= 0.6 is 0 Å². The molecule has 0 unspecified atom stereocenters. The van der Waals surface area contributed by atoms with Crippen LogP contribution in [0.25, 0.3) is 0 Å². The molecule has 0 aliphatic rings. The molecule has 1 aromatic heterocycles. The number of anilines is 1. The Hall–Kier alpha value is -4.05. The van der Waals surface area contributed by atoms with Crippen LogP contribution in [-0.4, -0.2) is 18.5 Å². The van der Waals surface area contributed by atoms with E-state index in [1.165, 1.54) is 6.07 Å². The molecule has 1 N–H and O–H groups in total. The van der Waals surface area contributed by atoms with Crippen molar-refractivity contribution in [2.45, 2.75) is 6.61 Å². The molecule has 7 nitrogen and oxygen atoms in total. The van der Waals surface area contributed by atoms with Gasteiger partial charge in [-0.3, -0.25) is 4.79 Å². The molecular weight excluding hydrogens is 360 g/mol. The summed E-state index contributed by atoms with van der Waals surface area (Å²) >= 11 is 0. The van der Waals surface area contributed by atoms with Gasteiger partial charge >= 0.3 is 5.97 Å². The van der Waals surface area contributed by atoms with E-state index in [9.17, 15) is 9.59 Å². The molecule has 7 heteroatoms. The molecule has 0 aliphatic carbocycles. The lowest BCUT2D eigenvalue weighted by atomic mass is 10.2. The van der Waals surface area contributed by atoms with Gasteiger partial charge in [-0.2, -0.15) is 5.26 Å². The average molecular weight is 376 g/mol. The monoisotopic (exact) mass is 376 g/mol. The molecule has 3 aromatic rings. The Bertz CT molecular complexity index is 988. The minimum Gasteiger partial charge on any atom is -0.486 e. The third kappa shape index (κ3) is 5.22. The van der Waals surface area contributed by atoms with E-state index in [1.807, 2.05) is 36.4 Å². The van der Waals surface area contributed by atoms with Gasteiger partial charge in [0, 0.05) is 5.69 Å². The lowest BCUT2D eigenvalue weighted by molar-refractivity contribution is -0.119. The van der Waals surface area contributed by atoms with Gasteiger partial charge in [0.15, 0.2) is 6.61 Å². The van der Waals surface area contributed by atoms with Crippen molar-refractivity contribution in [3.63, 3.8) is 0 Å². The Morgan fingerprint density at radius 1 is 1.00 bits per heavy atom. The first kappa shape index (κ1) is 18.7.